The summed E-state index contributed by atoms with van der Waals surface area (Å²) >= 11 is 0. The Bertz CT molecular complexity index is 219. The molecule has 0 fully saturated rings. The van der Waals surface area contributed by atoms with Gasteiger partial charge in [-0.2, -0.15) is 0 Å². The van der Waals surface area contributed by atoms with Gasteiger partial charge in [0.1, 0.15) is 0 Å². The van der Waals surface area contributed by atoms with Crippen LogP contribution in [0.4, 0.5) is 0 Å². The average molecular weight is 245 g/mol. The molecule has 0 aliphatic heterocycles. The lowest BCUT2D eigenvalue weighted by Gasteiger charge is -2.06. The molecule has 0 aromatic carbocycles. The van der Waals surface area contributed by atoms with E-state index in [0.717, 1.165) is 6.42 Å². The number of esters is 1. The Balaban J connectivity index is 3.08. The van der Waals surface area contributed by atoms with Crippen LogP contribution in [0.5, 0.6) is 0 Å². The Kier molecular flexibility index (Phi) is 11.0. The van der Waals surface area contributed by atoms with Crippen LogP contribution in [0.25, 0.3) is 0 Å². The van der Waals surface area contributed by atoms with Crippen molar-refractivity contribution in [2.75, 3.05) is 39.6 Å². The van der Waals surface area contributed by atoms with Crippen LogP contribution in [-0.2, 0) is 19.0 Å². The van der Waals surface area contributed by atoms with Gasteiger partial charge in [0.05, 0.1) is 13.2 Å². The normalized spacial score (nSPS) is 10.2. The van der Waals surface area contributed by atoms with Gasteiger partial charge in [-0.05, 0) is 13.3 Å². The Morgan fingerprint density at radius 3 is 2.12 bits per heavy atom. The lowest BCUT2D eigenvalue weighted by Crippen LogP contribution is -2.11. The van der Waals surface area contributed by atoms with E-state index in [0.29, 0.717) is 51.6 Å². The Morgan fingerprint density at radius 2 is 1.59 bits per heavy atom. The van der Waals surface area contributed by atoms with E-state index in [1.807, 2.05) is 0 Å². The fraction of sp³-hybridized carbons (Fsp3) is 0.750. The van der Waals surface area contributed by atoms with Gasteiger partial charge >= 0.3 is 5.97 Å². The molecule has 0 spiro atoms. The molecule has 0 atom stereocenters. The van der Waals surface area contributed by atoms with Gasteiger partial charge < -0.3 is 19.9 Å². The van der Waals surface area contributed by atoms with Crippen LogP contribution in [0.1, 0.15) is 19.8 Å². The lowest BCUT2D eigenvalue weighted by molar-refractivity contribution is -0.139. The highest BCUT2D eigenvalue weighted by Gasteiger charge is 2.01. The number of carbonyl (C=O) groups excluding carboxylic acids is 1. The third-order valence-electron chi connectivity index (χ3n) is 1.85. The minimum atomic E-state index is -0.347. The first kappa shape index (κ1) is 16.1. The van der Waals surface area contributed by atoms with E-state index in [1.165, 1.54) is 0 Å². The predicted molar refractivity (Wildman–Crippen MR) is 65.7 cm³/mol. The number of ether oxygens (including phenoxy) is 3. The molecule has 0 saturated carbocycles. The minimum Gasteiger partial charge on any atom is -0.462 e. The second kappa shape index (κ2) is 11.6. The van der Waals surface area contributed by atoms with Crippen LogP contribution in [0.15, 0.2) is 12.2 Å². The number of rotatable bonds is 11. The Morgan fingerprint density at radius 1 is 1.06 bits per heavy atom. The molecule has 2 N–H and O–H groups in total. The van der Waals surface area contributed by atoms with Crippen molar-refractivity contribution in [3.05, 3.63) is 12.2 Å². The number of nitrogens with two attached hydrogens (primary N) is 1. The highest BCUT2D eigenvalue weighted by molar-refractivity contribution is 5.86. The van der Waals surface area contributed by atoms with E-state index in [2.05, 4.69) is 6.58 Å². The molecule has 0 aromatic rings. The summed E-state index contributed by atoms with van der Waals surface area (Å²) in [6.45, 7) is 8.53. The van der Waals surface area contributed by atoms with Crippen molar-refractivity contribution in [3.63, 3.8) is 0 Å². The monoisotopic (exact) mass is 245 g/mol. The standard InChI is InChI=1S/C12H23NO4/c1-11(2)12(14)17-9-4-8-15-6-3-7-16-10-5-13/h1,3-10,13H2,2H3. The Labute approximate surface area is 103 Å². The summed E-state index contributed by atoms with van der Waals surface area (Å²) < 4.78 is 15.4. The van der Waals surface area contributed by atoms with Gasteiger partial charge in [-0.25, -0.2) is 4.79 Å². The van der Waals surface area contributed by atoms with E-state index in [1.54, 1.807) is 6.92 Å². The van der Waals surface area contributed by atoms with Gasteiger partial charge in [0.2, 0.25) is 0 Å². The van der Waals surface area contributed by atoms with Crippen molar-refractivity contribution in [1.29, 1.82) is 0 Å². The van der Waals surface area contributed by atoms with Gasteiger partial charge in [0.15, 0.2) is 0 Å². The maximum absolute atomic E-state index is 11.0. The third kappa shape index (κ3) is 11.4. The van der Waals surface area contributed by atoms with Crippen LogP contribution in [0, 0.1) is 0 Å². The van der Waals surface area contributed by atoms with Crippen molar-refractivity contribution >= 4 is 5.97 Å². The molecule has 5 heteroatoms. The number of carbonyl (C=O) groups is 1. The maximum atomic E-state index is 11.0. The molecule has 17 heavy (non-hydrogen) atoms. The molecule has 0 aliphatic carbocycles. The van der Waals surface area contributed by atoms with Crippen LogP contribution < -0.4 is 5.73 Å². The molecule has 5 nitrogen and oxygen atoms in total. The highest BCUT2D eigenvalue weighted by Crippen LogP contribution is 1.94. The number of hydrogen-bond acceptors (Lipinski definition) is 5. The molecule has 0 radical (unpaired) electrons. The maximum Gasteiger partial charge on any atom is 0.333 e. The fourth-order valence-corrected chi connectivity index (χ4v) is 1.000. The van der Waals surface area contributed by atoms with E-state index in [-0.39, 0.29) is 5.97 Å². The molecule has 0 unspecified atom stereocenters. The van der Waals surface area contributed by atoms with Crippen molar-refractivity contribution in [1.82, 2.24) is 0 Å². The first-order valence-electron chi connectivity index (χ1n) is 5.86. The smallest absolute Gasteiger partial charge is 0.333 e. The van der Waals surface area contributed by atoms with Gasteiger partial charge in [-0.1, -0.05) is 6.58 Å². The van der Waals surface area contributed by atoms with Crippen LogP contribution in [-0.4, -0.2) is 45.5 Å². The van der Waals surface area contributed by atoms with E-state index in [9.17, 15) is 4.79 Å². The summed E-state index contributed by atoms with van der Waals surface area (Å²) in [4.78, 5) is 11.0. The number of hydrogen-bond donors (Lipinski definition) is 1. The molecule has 0 aliphatic rings. The quantitative estimate of drug-likeness (QED) is 0.332. The van der Waals surface area contributed by atoms with E-state index >= 15 is 0 Å². The molecule has 0 saturated heterocycles. The molecule has 0 rings (SSSR count). The molecular weight excluding hydrogens is 222 g/mol. The summed E-state index contributed by atoms with van der Waals surface area (Å²) in [7, 11) is 0. The van der Waals surface area contributed by atoms with Crippen molar-refractivity contribution in [2.45, 2.75) is 19.8 Å². The largest absolute Gasteiger partial charge is 0.462 e. The van der Waals surface area contributed by atoms with Crippen molar-refractivity contribution in [2.24, 2.45) is 5.73 Å². The van der Waals surface area contributed by atoms with Gasteiger partial charge in [0.25, 0.3) is 0 Å². The molecule has 0 heterocycles. The molecule has 100 valence electrons. The zero-order chi connectivity index (χ0) is 12.9. The predicted octanol–water partition coefficient (Wildman–Crippen LogP) is 0.878. The molecule has 0 bridgehead atoms. The SMILES string of the molecule is C=C(C)C(=O)OCCCOCCCOCCN. The van der Waals surface area contributed by atoms with Crippen LogP contribution in [0.2, 0.25) is 0 Å². The first-order chi connectivity index (χ1) is 8.18. The summed E-state index contributed by atoms with van der Waals surface area (Å²) in [5.74, 6) is -0.347. The van der Waals surface area contributed by atoms with Gasteiger partial charge in [0, 0.05) is 38.4 Å². The molecule has 0 aromatic heterocycles. The van der Waals surface area contributed by atoms with Crippen LogP contribution >= 0.6 is 0 Å². The van der Waals surface area contributed by atoms with Gasteiger partial charge in [-0.3, -0.25) is 0 Å². The first-order valence-corrected chi connectivity index (χ1v) is 5.86. The zero-order valence-corrected chi connectivity index (χ0v) is 10.6. The third-order valence-corrected chi connectivity index (χ3v) is 1.85. The van der Waals surface area contributed by atoms with E-state index in [4.69, 9.17) is 19.9 Å². The van der Waals surface area contributed by atoms with Crippen molar-refractivity contribution < 1.29 is 19.0 Å². The second-order valence-corrected chi connectivity index (χ2v) is 3.64. The summed E-state index contributed by atoms with van der Waals surface area (Å²) in [6, 6.07) is 0. The summed E-state index contributed by atoms with van der Waals surface area (Å²) in [6.07, 6.45) is 1.55. The van der Waals surface area contributed by atoms with Gasteiger partial charge in [-0.15, -0.1) is 0 Å². The van der Waals surface area contributed by atoms with E-state index < -0.39 is 0 Å². The lowest BCUT2D eigenvalue weighted by atomic mass is 10.4. The Hall–Kier alpha value is -0.910. The molecular formula is C12H23NO4. The zero-order valence-electron chi connectivity index (χ0n) is 10.6. The molecule has 0 amide bonds. The summed E-state index contributed by atoms with van der Waals surface area (Å²) in [5, 5.41) is 0. The summed E-state index contributed by atoms with van der Waals surface area (Å²) in [5.41, 5.74) is 5.69. The second-order valence-electron chi connectivity index (χ2n) is 3.64. The highest BCUT2D eigenvalue weighted by atomic mass is 16.5. The van der Waals surface area contributed by atoms with Crippen LogP contribution in [0.3, 0.4) is 0 Å². The van der Waals surface area contributed by atoms with Crippen molar-refractivity contribution in [3.8, 4) is 0 Å². The average Bonchev–Trinajstić information content (AvgIpc) is 2.31. The minimum absolute atomic E-state index is 0.347. The fourth-order valence-electron chi connectivity index (χ4n) is 1.000. The topological polar surface area (TPSA) is 70.8 Å².